The molecule has 1 aliphatic carbocycles. The van der Waals surface area contributed by atoms with Crippen LogP contribution in [0.15, 0.2) is 36.5 Å². The summed E-state index contributed by atoms with van der Waals surface area (Å²) in [6.07, 6.45) is 8.47. The standard InChI is InChI=1S/C19H25N3O/c1-2-18-17(19(23)21-16-11-7-4-8-12-16)13-20-22(18)14-15-9-5-3-6-10-15/h3,5-6,9-10,13,16H,2,4,7-8,11-12,14H2,1H3,(H,21,23). The maximum absolute atomic E-state index is 12.6. The second-order valence-corrected chi connectivity index (χ2v) is 6.31. The molecule has 122 valence electrons. The lowest BCUT2D eigenvalue weighted by Gasteiger charge is -2.22. The Bertz CT molecular complexity index is 642. The number of amides is 1. The molecule has 4 heteroatoms. The number of rotatable bonds is 5. The molecule has 1 amide bonds. The van der Waals surface area contributed by atoms with Crippen LogP contribution in [-0.4, -0.2) is 21.7 Å². The van der Waals surface area contributed by atoms with E-state index >= 15 is 0 Å². The molecule has 0 aliphatic heterocycles. The first-order valence-electron chi connectivity index (χ1n) is 8.67. The van der Waals surface area contributed by atoms with Gasteiger partial charge >= 0.3 is 0 Å². The van der Waals surface area contributed by atoms with Crippen molar-refractivity contribution in [1.29, 1.82) is 0 Å². The molecular weight excluding hydrogens is 286 g/mol. The van der Waals surface area contributed by atoms with E-state index in [4.69, 9.17) is 0 Å². The van der Waals surface area contributed by atoms with Crippen LogP contribution in [0.5, 0.6) is 0 Å². The van der Waals surface area contributed by atoms with Crippen molar-refractivity contribution in [2.45, 2.75) is 58.0 Å². The zero-order chi connectivity index (χ0) is 16.1. The number of carbonyl (C=O) groups excluding carboxylic acids is 1. The molecule has 1 heterocycles. The number of benzene rings is 1. The van der Waals surface area contributed by atoms with E-state index in [1.807, 2.05) is 22.9 Å². The number of hydrogen-bond donors (Lipinski definition) is 1. The quantitative estimate of drug-likeness (QED) is 0.918. The predicted molar refractivity (Wildman–Crippen MR) is 91.5 cm³/mol. The Kier molecular flexibility index (Phi) is 5.11. The van der Waals surface area contributed by atoms with E-state index in [0.29, 0.717) is 12.6 Å². The Balaban J connectivity index is 1.73. The minimum atomic E-state index is 0.0352. The summed E-state index contributed by atoms with van der Waals surface area (Å²) >= 11 is 0. The topological polar surface area (TPSA) is 46.9 Å². The van der Waals surface area contributed by atoms with Crippen molar-refractivity contribution in [3.05, 3.63) is 53.3 Å². The minimum Gasteiger partial charge on any atom is -0.349 e. The van der Waals surface area contributed by atoms with Crippen LogP contribution in [0.4, 0.5) is 0 Å². The van der Waals surface area contributed by atoms with Gasteiger partial charge in [-0.1, -0.05) is 56.5 Å². The van der Waals surface area contributed by atoms with Crippen LogP contribution in [0, 0.1) is 0 Å². The summed E-state index contributed by atoms with van der Waals surface area (Å²) in [6, 6.07) is 10.6. The van der Waals surface area contributed by atoms with Crippen LogP contribution in [0.25, 0.3) is 0 Å². The van der Waals surface area contributed by atoms with Crippen LogP contribution in [-0.2, 0) is 13.0 Å². The lowest BCUT2D eigenvalue weighted by molar-refractivity contribution is 0.0926. The van der Waals surface area contributed by atoms with Gasteiger partial charge in [0.2, 0.25) is 0 Å². The van der Waals surface area contributed by atoms with Gasteiger partial charge in [0.25, 0.3) is 5.91 Å². The zero-order valence-corrected chi connectivity index (χ0v) is 13.8. The van der Waals surface area contributed by atoms with Crippen molar-refractivity contribution in [2.24, 2.45) is 0 Å². The van der Waals surface area contributed by atoms with Gasteiger partial charge in [0, 0.05) is 6.04 Å². The minimum absolute atomic E-state index is 0.0352. The highest BCUT2D eigenvalue weighted by Gasteiger charge is 2.20. The molecule has 0 bridgehead atoms. The monoisotopic (exact) mass is 311 g/mol. The summed E-state index contributed by atoms with van der Waals surface area (Å²) < 4.78 is 1.95. The van der Waals surface area contributed by atoms with Gasteiger partial charge in [0.05, 0.1) is 24.0 Å². The van der Waals surface area contributed by atoms with Crippen LogP contribution < -0.4 is 5.32 Å². The molecule has 1 N–H and O–H groups in total. The molecule has 1 aromatic heterocycles. The third kappa shape index (κ3) is 3.81. The highest BCUT2D eigenvalue weighted by atomic mass is 16.1. The third-order valence-corrected chi connectivity index (χ3v) is 4.64. The van der Waals surface area contributed by atoms with E-state index in [-0.39, 0.29) is 5.91 Å². The number of nitrogens with zero attached hydrogens (tertiary/aromatic N) is 2. The van der Waals surface area contributed by atoms with Gasteiger partial charge in [-0.3, -0.25) is 9.48 Å². The Morgan fingerprint density at radius 1 is 1.22 bits per heavy atom. The fourth-order valence-corrected chi connectivity index (χ4v) is 3.38. The first kappa shape index (κ1) is 15.8. The number of aromatic nitrogens is 2. The van der Waals surface area contributed by atoms with Crippen LogP contribution >= 0.6 is 0 Å². The maximum Gasteiger partial charge on any atom is 0.254 e. The molecule has 4 nitrogen and oxygen atoms in total. The largest absolute Gasteiger partial charge is 0.349 e. The molecule has 0 atom stereocenters. The van der Waals surface area contributed by atoms with Gasteiger partial charge in [-0.05, 0) is 24.8 Å². The molecule has 0 spiro atoms. The van der Waals surface area contributed by atoms with Gasteiger partial charge < -0.3 is 5.32 Å². The lowest BCUT2D eigenvalue weighted by Crippen LogP contribution is -2.36. The molecule has 1 fully saturated rings. The Hall–Kier alpha value is -2.10. The van der Waals surface area contributed by atoms with E-state index in [2.05, 4.69) is 29.5 Å². The van der Waals surface area contributed by atoms with Gasteiger partial charge in [-0.2, -0.15) is 5.10 Å². The number of nitrogens with one attached hydrogen (secondary N) is 1. The van der Waals surface area contributed by atoms with E-state index in [1.165, 1.54) is 24.8 Å². The summed E-state index contributed by atoms with van der Waals surface area (Å²) in [7, 11) is 0. The second kappa shape index (κ2) is 7.44. The highest BCUT2D eigenvalue weighted by molar-refractivity contribution is 5.95. The molecule has 1 aromatic carbocycles. The van der Waals surface area contributed by atoms with Crippen molar-refractivity contribution in [3.63, 3.8) is 0 Å². The predicted octanol–water partition coefficient (Wildman–Crippen LogP) is 3.56. The molecule has 1 saturated carbocycles. The second-order valence-electron chi connectivity index (χ2n) is 6.31. The van der Waals surface area contributed by atoms with Crippen molar-refractivity contribution >= 4 is 5.91 Å². The van der Waals surface area contributed by atoms with Gasteiger partial charge in [0.15, 0.2) is 0 Å². The Morgan fingerprint density at radius 2 is 1.96 bits per heavy atom. The zero-order valence-electron chi connectivity index (χ0n) is 13.8. The summed E-state index contributed by atoms with van der Waals surface area (Å²) in [6.45, 7) is 2.79. The van der Waals surface area contributed by atoms with Crippen molar-refractivity contribution in [2.75, 3.05) is 0 Å². The average Bonchev–Trinajstić information content (AvgIpc) is 2.99. The summed E-state index contributed by atoms with van der Waals surface area (Å²) in [5.41, 5.74) is 2.95. The summed E-state index contributed by atoms with van der Waals surface area (Å²) in [5, 5.41) is 7.65. The molecule has 1 aliphatic rings. The number of hydrogen-bond acceptors (Lipinski definition) is 2. The average molecular weight is 311 g/mol. The SMILES string of the molecule is CCc1c(C(=O)NC2CCCCC2)cnn1Cc1ccccc1. The Morgan fingerprint density at radius 3 is 2.65 bits per heavy atom. The molecule has 2 aromatic rings. The van der Waals surface area contributed by atoms with Crippen LogP contribution in [0.3, 0.4) is 0 Å². The van der Waals surface area contributed by atoms with Crippen molar-refractivity contribution in [1.82, 2.24) is 15.1 Å². The first-order chi connectivity index (χ1) is 11.3. The van der Waals surface area contributed by atoms with E-state index in [0.717, 1.165) is 30.5 Å². The highest BCUT2D eigenvalue weighted by Crippen LogP contribution is 2.19. The molecule has 3 rings (SSSR count). The maximum atomic E-state index is 12.6. The van der Waals surface area contributed by atoms with Gasteiger partial charge in [-0.15, -0.1) is 0 Å². The molecule has 23 heavy (non-hydrogen) atoms. The molecule has 0 unspecified atom stereocenters. The molecule has 0 saturated heterocycles. The van der Waals surface area contributed by atoms with E-state index < -0.39 is 0 Å². The Labute approximate surface area is 137 Å². The van der Waals surface area contributed by atoms with E-state index in [9.17, 15) is 4.79 Å². The molecule has 0 radical (unpaired) electrons. The van der Waals surface area contributed by atoms with E-state index in [1.54, 1.807) is 6.20 Å². The smallest absolute Gasteiger partial charge is 0.254 e. The number of carbonyl (C=O) groups is 1. The fourth-order valence-electron chi connectivity index (χ4n) is 3.38. The van der Waals surface area contributed by atoms with Crippen molar-refractivity contribution < 1.29 is 4.79 Å². The van der Waals surface area contributed by atoms with Crippen LogP contribution in [0.2, 0.25) is 0 Å². The first-order valence-corrected chi connectivity index (χ1v) is 8.67. The van der Waals surface area contributed by atoms with Crippen molar-refractivity contribution in [3.8, 4) is 0 Å². The fraction of sp³-hybridized carbons (Fsp3) is 0.474. The molecular formula is C19H25N3O. The normalized spacial score (nSPS) is 15.5. The lowest BCUT2D eigenvalue weighted by atomic mass is 9.95. The third-order valence-electron chi connectivity index (χ3n) is 4.64. The van der Waals surface area contributed by atoms with Crippen LogP contribution in [0.1, 0.15) is 60.6 Å². The summed E-state index contributed by atoms with van der Waals surface area (Å²) in [5.74, 6) is 0.0352. The van der Waals surface area contributed by atoms with Gasteiger partial charge in [-0.25, -0.2) is 0 Å². The summed E-state index contributed by atoms with van der Waals surface area (Å²) in [4.78, 5) is 12.6. The van der Waals surface area contributed by atoms with Gasteiger partial charge in [0.1, 0.15) is 0 Å².